The number of unbranched alkanes of at least 4 members (excludes halogenated alkanes) is 1. The van der Waals surface area contributed by atoms with Crippen molar-refractivity contribution in [3.8, 4) is 11.5 Å². The number of hydrogen-bond donors (Lipinski definition) is 1. The van der Waals surface area contributed by atoms with Crippen molar-refractivity contribution in [2.24, 2.45) is 0 Å². The van der Waals surface area contributed by atoms with Gasteiger partial charge in [-0.15, -0.1) is 0 Å². The summed E-state index contributed by atoms with van der Waals surface area (Å²) in [5.41, 5.74) is 1.14. The Morgan fingerprint density at radius 1 is 1.10 bits per heavy atom. The molecule has 1 aromatic rings. The van der Waals surface area contributed by atoms with Gasteiger partial charge in [-0.25, -0.2) is 0 Å². The highest BCUT2D eigenvalue weighted by Gasteiger charge is 2.10. The molecular formula is C16H27NO3. The topological polar surface area (TPSA) is 39.7 Å². The van der Waals surface area contributed by atoms with Crippen LogP contribution >= 0.6 is 0 Å². The standard InChI is InChI=1S/C16H27NO3/c1-4-10-17-13-14-8-7-9-15(19-3)16(14)20-12-6-5-11-18-2/h7-9,17H,4-6,10-13H2,1-3H3. The summed E-state index contributed by atoms with van der Waals surface area (Å²) < 4.78 is 16.3. The Hall–Kier alpha value is -1.26. The smallest absolute Gasteiger partial charge is 0.165 e. The molecule has 114 valence electrons. The van der Waals surface area contributed by atoms with Crippen LogP contribution in [0, 0.1) is 0 Å². The molecule has 0 saturated carbocycles. The van der Waals surface area contributed by atoms with Crippen LogP contribution in [0.25, 0.3) is 0 Å². The molecule has 0 amide bonds. The zero-order chi connectivity index (χ0) is 14.6. The van der Waals surface area contributed by atoms with Gasteiger partial charge in [0.1, 0.15) is 0 Å². The summed E-state index contributed by atoms with van der Waals surface area (Å²) in [5, 5.41) is 3.40. The highest BCUT2D eigenvalue weighted by molar-refractivity contribution is 5.46. The third-order valence-corrected chi connectivity index (χ3v) is 3.01. The normalized spacial score (nSPS) is 10.6. The summed E-state index contributed by atoms with van der Waals surface area (Å²) >= 11 is 0. The lowest BCUT2D eigenvalue weighted by molar-refractivity contribution is 0.183. The maximum absolute atomic E-state index is 5.92. The maximum Gasteiger partial charge on any atom is 0.165 e. The van der Waals surface area contributed by atoms with Crippen molar-refractivity contribution in [3.05, 3.63) is 23.8 Å². The molecule has 1 rings (SSSR count). The first-order chi connectivity index (χ1) is 9.83. The van der Waals surface area contributed by atoms with Gasteiger partial charge in [0.15, 0.2) is 11.5 Å². The summed E-state index contributed by atoms with van der Waals surface area (Å²) in [6.45, 7) is 5.43. The van der Waals surface area contributed by atoms with E-state index in [0.29, 0.717) is 6.61 Å². The Labute approximate surface area is 122 Å². The van der Waals surface area contributed by atoms with E-state index in [2.05, 4.69) is 18.3 Å². The summed E-state index contributed by atoms with van der Waals surface area (Å²) in [5.74, 6) is 1.66. The van der Waals surface area contributed by atoms with Crippen LogP contribution < -0.4 is 14.8 Å². The number of benzene rings is 1. The minimum Gasteiger partial charge on any atom is -0.493 e. The lowest BCUT2D eigenvalue weighted by Gasteiger charge is -2.15. The number of nitrogens with one attached hydrogen (secondary N) is 1. The minimum atomic E-state index is 0.685. The maximum atomic E-state index is 5.92. The van der Waals surface area contributed by atoms with Gasteiger partial charge in [0.25, 0.3) is 0 Å². The minimum absolute atomic E-state index is 0.685. The van der Waals surface area contributed by atoms with Gasteiger partial charge in [0.05, 0.1) is 13.7 Å². The molecule has 0 atom stereocenters. The zero-order valence-electron chi connectivity index (χ0n) is 12.9. The van der Waals surface area contributed by atoms with Gasteiger partial charge in [-0.2, -0.15) is 0 Å². The molecule has 4 heteroatoms. The van der Waals surface area contributed by atoms with E-state index in [1.165, 1.54) is 0 Å². The van der Waals surface area contributed by atoms with Crippen molar-refractivity contribution in [1.82, 2.24) is 5.32 Å². The third kappa shape index (κ3) is 5.80. The van der Waals surface area contributed by atoms with Crippen molar-refractivity contribution in [1.29, 1.82) is 0 Å². The molecule has 0 heterocycles. The summed E-state index contributed by atoms with van der Waals surface area (Å²) in [7, 11) is 3.40. The van der Waals surface area contributed by atoms with Crippen molar-refractivity contribution in [2.45, 2.75) is 32.7 Å². The van der Waals surface area contributed by atoms with Crippen LogP contribution in [0.3, 0.4) is 0 Å². The number of para-hydroxylation sites is 1. The quantitative estimate of drug-likeness (QED) is 0.633. The van der Waals surface area contributed by atoms with Gasteiger partial charge < -0.3 is 19.5 Å². The first-order valence-corrected chi connectivity index (χ1v) is 7.31. The second-order valence-corrected chi connectivity index (χ2v) is 4.67. The summed E-state index contributed by atoms with van der Waals surface area (Å²) in [6, 6.07) is 6.02. The van der Waals surface area contributed by atoms with Gasteiger partial charge in [-0.3, -0.25) is 0 Å². The fraction of sp³-hybridized carbons (Fsp3) is 0.625. The van der Waals surface area contributed by atoms with Crippen LogP contribution in [0.2, 0.25) is 0 Å². The molecule has 0 aliphatic rings. The van der Waals surface area contributed by atoms with E-state index in [1.54, 1.807) is 14.2 Å². The molecule has 20 heavy (non-hydrogen) atoms. The van der Waals surface area contributed by atoms with Crippen molar-refractivity contribution >= 4 is 0 Å². The second-order valence-electron chi connectivity index (χ2n) is 4.67. The second kappa shape index (κ2) is 10.5. The largest absolute Gasteiger partial charge is 0.493 e. The van der Waals surface area contributed by atoms with E-state index < -0.39 is 0 Å². The predicted molar refractivity (Wildman–Crippen MR) is 81.6 cm³/mol. The molecule has 1 aromatic carbocycles. The Balaban J connectivity index is 2.59. The molecule has 0 spiro atoms. The Morgan fingerprint density at radius 2 is 1.90 bits per heavy atom. The fourth-order valence-corrected chi connectivity index (χ4v) is 1.95. The molecule has 4 nitrogen and oxygen atoms in total. The van der Waals surface area contributed by atoms with Crippen LogP contribution in [0.15, 0.2) is 18.2 Å². The van der Waals surface area contributed by atoms with E-state index in [1.807, 2.05) is 12.1 Å². The highest BCUT2D eigenvalue weighted by atomic mass is 16.5. The summed E-state index contributed by atoms with van der Waals surface area (Å²) in [6.07, 6.45) is 3.11. The number of hydrogen-bond acceptors (Lipinski definition) is 4. The lowest BCUT2D eigenvalue weighted by atomic mass is 10.2. The molecule has 0 aromatic heterocycles. The molecule has 0 radical (unpaired) electrons. The molecule has 0 fully saturated rings. The fourth-order valence-electron chi connectivity index (χ4n) is 1.95. The van der Waals surface area contributed by atoms with Gasteiger partial charge in [0.2, 0.25) is 0 Å². The molecule has 1 N–H and O–H groups in total. The van der Waals surface area contributed by atoms with Crippen LogP contribution in [-0.2, 0) is 11.3 Å². The van der Waals surface area contributed by atoms with Crippen molar-refractivity contribution in [2.75, 3.05) is 34.0 Å². The molecule has 0 bridgehead atoms. The van der Waals surface area contributed by atoms with Crippen molar-refractivity contribution in [3.63, 3.8) is 0 Å². The van der Waals surface area contributed by atoms with Gasteiger partial charge in [-0.05, 0) is 31.9 Å². The van der Waals surface area contributed by atoms with Crippen LogP contribution in [-0.4, -0.2) is 34.0 Å². The van der Waals surface area contributed by atoms with E-state index >= 15 is 0 Å². The van der Waals surface area contributed by atoms with Gasteiger partial charge in [0, 0.05) is 25.8 Å². The SMILES string of the molecule is CCCNCc1cccc(OC)c1OCCCCOC. The molecule has 0 unspecified atom stereocenters. The van der Waals surface area contributed by atoms with Crippen LogP contribution in [0.5, 0.6) is 11.5 Å². The molecular weight excluding hydrogens is 254 g/mol. The average molecular weight is 281 g/mol. The Morgan fingerprint density at radius 3 is 2.60 bits per heavy atom. The van der Waals surface area contributed by atoms with E-state index in [0.717, 1.165) is 56.0 Å². The molecule has 0 aliphatic carbocycles. The zero-order valence-corrected chi connectivity index (χ0v) is 12.9. The summed E-state index contributed by atoms with van der Waals surface area (Å²) in [4.78, 5) is 0. The van der Waals surface area contributed by atoms with E-state index in [4.69, 9.17) is 14.2 Å². The highest BCUT2D eigenvalue weighted by Crippen LogP contribution is 2.31. The third-order valence-electron chi connectivity index (χ3n) is 3.01. The average Bonchev–Trinajstić information content (AvgIpc) is 2.48. The molecule has 0 aliphatic heterocycles. The Kier molecular flexibility index (Phi) is 8.83. The van der Waals surface area contributed by atoms with Crippen molar-refractivity contribution < 1.29 is 14.2 Å². The predicted octanol–water partition coefficient (Wildman–Crippen LogP) is 3.00. The number of rotatable bonds is 11. The monoisotopic (exact) mass is 281 g/mol. The van der Waals surface area contributed by atoms with E-state index in [9.17, 15) is 0 Å². The Bertz CT molecular complexity index is 369. The van der Waals surface area contributed by atoms with Gasteiger partial charge in [-0.1, -0.05) is 19.1 Å². The molecule has 0 saturated heterocycles. The number of ether oxygens (including phenoxy) is 3. The van der Waals surface area contributed by atoms with Crippen LogP contribution in [0.1, 0.15) is 31.7 Å². The van der Waals surface area contributed by atoms with Crippen LogP contribution in [0.4, 0.5) is 0 Å². The van der Waals surface area contributed by atoms with Gasteiger partial charge >= 0.3 is 0 Å². The first-order valence-electron chi connectivity index (χ1n) is 7.31. The van der Waals surface area contributed by atoms with E-state index in [-0.39, 0.29) is 0 Å². The lowest BCUT2D eigenvalue weighted by Crippen LogP contribution is -2.15. The number of methoxy groups -OCH3 is 2. The first kappa shape index (κ1) is 16.8.